The molecule has 1 nitrogen and oxygen atoms in total. The molecule has 0 aliphatic heterocycles. The average molecular weight is 279 g/mol. The summed E-state index contributed by atoms with van der Waals surface area (Å²) < 4.78 is 38.1. The Morgan fingerprint density at radius 3 is 2.20 bits per heavy atom. The fraction of sp³-hybridized carbons (Fsp3) is 0.250. The highest BCUT2D eigenvalue weighted by Gasteiger charge is 2.30. The molecule has 0 radical (unpaired) electrons. The maximum absolute atomic E-state index is 12.7. The van der Waals surface area contributed by atoms with Crippen molar-refractivity contribution in [2.75, 3.05) is 0 Å². The second kappa shape index (κ2) is 5.67. The summed E-state index contributed by atoms with van der Waals surface area (Å²) in [5, 5.41) is 0. The van der Waals surface area contributed by atoms with E-state index in [0.29, 0.717) is 5.56 Å². The average Bonchev–Trinajstić information content (AvgIpc) is 2.46. The summed E-state index contributed by atoms with van der Waals surface area (Å²) in [4.78, 5) is 0. The fourth-order valence-electron chi connectivity index (χ4n) is 2.06. The highest BCUT2D eigenvalue weighted by molar-refractivity contribution is 5.35. The Balaban J connectivity index is 2.30. The zero-order valence-electron chi connectivity index (χ0n) is 11.1. The van der Waals surface area contributed by atoms with Crippen molar-refractivity contribution in [3.63, 3.8) is 0 Å². The van der Waals surface area contributed by atoms with Gasteiger partial charge in [-0.25, -0.2) is 0 Å². The molecule has 0 saturated carbocycles. The van der Waals surface area contributed by atoms with Crippen LogP contribution in [0.3, 0.4) is 0 Å². The van der Waals surface area contributed by atoms with E-state index >= 15 is 0 Å². The smallest absolute Gasteiger partial charge is 0.320 e. The minimum Gasteiger partial charge on any atom is -0.320 e. The van der Waals surface area contributed by atoms with E-state index in [9.17, 15) is 13.2 Å². The van der Waals surface area contributed by atoms with Crippen LogP contribution in [0.4, 0.5) is 13.2 Å². The second-order valence-corrected chi connectivity index (χ2v) is 4.70. The number of rotatable bonds is 3. The van der Waals surface area contributed by atoms with Crippen LogP contribution in [0.1, 0.15) is 35.2 Å². The van der Waals surface area contributed by atoms with Gasteiger partial charge in [0, 0.05) is 0 Å². The van der Waals surface area contributed by atoms with Crippen LogP contribution in [-0.2, 0) is 12.6 Å². The monoisotopic (exact) mass is 279 g/mol. The molecule has 2 N–H and O–H groups in total. The Hall–Kier alpha value is -1.81. The highest BCUT2D eigenvalue weighted by Crippen LogP contribution is 2.31. The number of benzene rings is 2. The summed E-state index contributed by atoms with van der Waals surface area (Å²) in [7, 11) is 0. The molecule has 0 aliphatic rings. The van der Waals surface area contributed by atoms with Gasteiger partial charge in [0.2, 0.25) is 0 Å². The largest absolute Gasteiger partial charge is 0.416 e. The van der Waals surface area contributed by atoms with Crippen LogP contribution >= 0.6 is 0 Å². The molecular formula is C16H16F3N. The summed E-state index contributed by atoms with van der Waals surface area (Å²) in [5.41, 5.74) is 7.82. The standard InChI is InChI=1S/C16H16F3N/c1-2-11-6-8-12(9-7-11)15(20)13-4-3-5-14(10-13)16(17,18)19/h3-10,15H,2,20H2,1H3. The molecule has 106 valence electrons. The van der Waals surface area contributed by atoms with Crippen LogP contribution < -0.4 is 5.73 Å². The molecule has 0 aliphatic carbocycles. The first-order chi connectivity index (χ1) is 9.41. The van der Waals surface area contributed by atoms with Crippen molar-refractivity contribution in [3.05, 3.63) is 70.8 Å². The molecule has 0 spiro atoms. The van der Waals surface area contributed by atoms with Gasteiger partial charge in [-0.05, 0) is 35.2 Å². The molecule has 0 aromatic heterocycles. The summed E-state index contributed by atoms with van der Waals surface area (Å²) in [6.07, 6.45) is -3.43. The van der Waals surface area contributed by atoms with E-state index in [1.54, 1.807) is 6.07 Å². The van der Waals surface area contributed by atoms with E-state index in [1.807, 2.05) is 31.2 Å². The van der Waals surface area contributed by atoms with Crippen LogP contribution in [0.15, 0.2) is 48.5 Å². The molecule has 1 unspecified atom stereocenters. The molecule has 2 aromatic carbocycles. The number of nitrogens with two attached hydrogens (primary N) is 1. The van der Waals surface area contributed by atoms with Gasteiger partial charge in [-0.15, -0.1) is 0 Å². The summed E-state index contributed by atoms with van der Waals surface area (Å²) in [6, 6.07) is 12.2. The Morgan fingerprint density at radius 1 is 1.00 bits per heavy atom. The van der Waals surface area contributed by atoms with Gasteiger partial charge in [0.15, 0.2) is 0 Å². The van der Waals surface area contributed by atoms with E-state index in [0.717, 1.165) is 24.1 Å². The normalized spacial score (nSPS) is 13.2. The predicted molar refractivity (Wildman–Crippen MR) is 73.3 cm³/mol. The van der Waals surface area contributed by atoms with Crippen LogP contribution in [0, 0.1) is 0 Å². The number of hydrogen-bond donors (Lipinski definition) is 1. The molecule has 0 saturated heterocycles. The maximum Gasteiger partial charge on any atom is 0.416 e. The van der Waals surface area contributed by atoms with Gasteiger partial charge in [0.25, 0.3) is 0 Å². The van der Waals surface area contributed by atoms with Crippen molar-refractivity contribution in [1.29, 1.82) is 0 Å². The summed E-state index contributed by atoms with van der Waals surface area (Å²) >= 11 is 0. The van der Waals surface area contributed by atoms with Gasteiger partial charge in [0.05, 0.1) is 11.6 Å². The van der Waals surface area contributed by atoms with E-state index in [4.69, 9.17) is 5.73 Å². The molecule has 0 heterocycles. The minimum atomic E-state index is -4.35. The maximum atomic E-state index is 12.7. The third-order valence-corrected chi connectivity index (χ3v) is 3.32. The third-order valence-electron chi connectivity index (χ3n) is 3.32. The van der Waals surface area contributed by atoms with Crippen molar-refractivity contribution < 1.29 is 13.2 Å². The zero-order chi connectivity index (χ0) is 14.8. The Morgan fingerprint density at radius 2 is 1.65 bits per heavy atom. The lowest BCUT2D eigenvalue weighted by molar-refractivity contribution is -0.137. The van der Waals surface area contributed by atoms with Gasteiger partial charge >= 0.3 is 6.18 Å². The van der Waals surface area contributed by atoms with Gasteiger partial charge < -0.3 is 5.73 Å². The highest BCUT2D eigenvalue weighted by atomic mass is 19.4. The van der Waals surface area contributed by atoms with Crippen molar-refractivity contribution in [2.24, 2.45) is 5.73 Å². The molecule has 20 heavy (non-hydrogen) atoms. The Labute approximate surface area is 116 Å². The van der Waals surface area contributed by atoms with Crippen LogP contribution in [0.5, 0.6) is 0 Å². The van der Waals surface area contributed by atoms with Crippen molar-refractivity contribution >= 4 is 0 Å². The van der Waals surface area contributed by atoms with Crippen molar-refractivity contribution in [3.8, 4) is 0 Å². The molecular weight excluding hydrogens is 263 g/mol. The van der Waals surface area contributed by atoms with E-state index < -0.39 is 17.8 Å². The lowest BCUT2D eigenvalue weighted by Crippen LogP contribution is -2.13. The second-order valence-electron chi connectivity index (χ2n) is 4.70. The number of alkyl halides is 3. The number of halogens is 3. The third kappa shape index (κ3) is 3.20. The van der Waals surface area contributed by atoms with Crippen molar-refractivity contribution in [1.82, 2.24) is 0 Å². The molecule has 0 fully saturated rings. The fourth-order valence-corrected chi connectivity index (χ4v) is 2.06. The Kier molecular flexibility index (Phi) is 4.14. The van der Waals surface area contributed by atoms with E-state index in [-0.39, 0.29) is 0 Å². The summed E-state index contributed by atoms with van der Waals surface area (Å²) in [6.45, 7) is 2.04. The number of aryl methyl sites for hydroxylation is 1. The first kappa shape index (κ1) is 14.6. The minimum absolute atomic E-state index is 0.462. The van der Waals surface area contributed by atoms with Gasteiger partial charge in [-0.3, -0.25) is 0 Å². The molecule has 0 amide bonds. The van der Waals surface area contributed by atoms with Gasteiger partial charge in [-0.1, -0.05) is 43.3 Å². The molecule has 2 aromatic rings. The van der Waals surface area contributed by atoms with E-state index in [2.05, 4.69) is 0 Å². The lowest BCUT2D eigenvalue weighted by Gasteiger charge is -2.15. The quantitative estimate of drug-likeness (QED) is 0.889. The first-order valence-electron chi connectivity index (χ1n) is 6.43. The summed E-state index contributed by atoms with van der Waals surface area (Å²) in [5.74, 6) is 0. The molecule has 4 heteroatoms. The topological polar surface area (TPSA) is 26.0 Å². The Bertz CT molecular complexity index is 573. The molecule has 0 bridgehead atoms. The molecule has 1 atom stereocenters. The SMILES string of the molecule is CCc1ccc(C(N)c2cccc(C(F)(F)F)c2)cc1. The molecule has 2 rings (SSSR count). The number of hydrogen-bond acceptors (Lipinski definition) is 1. The van der Waals surface area contributed by atoms with Crippen LogP contribution in [0.2, 0.25) is 0 Å². The van der Waals surface area contributed by atoms with Crippen LogP contribution in [-0.4, -0.2) is 0 Å². The van der Waals surface area contributed by atoms with Gasteiger partial charge in [0.1, 0.15) is 0 Å². The van der Waals surface area contributed by atoms with Gasteiger partial charge in [-0.2, -0.15) is 13.2 Å². The zero-order valence-corrected chi connectivity index (χ0v) is 11.1. The first-order valence-corrected chi connectivity index (χ1v) is 6.43. The van der Waals surface area contributed by atoms with Crippen molar-refractivity contribution in [2.45, 2.75) is 25.6 Å². The van der Waals surface area contributed by atoms with E-state index in [1.165, 1.54) is 11.6 Å². The van der Waals surface area contributed by atoms with Crippen LogP contribution in [0.25, 0.3) is 0 Å². The predicted octanol–water partition coefficient (Wildman–Crippen LogP) is 4.32. The lowest BCUT2D eigenvalue weighted by atomic mass is 9.97.